The normalized spacial score (nSPS) is 12.0. The number of carbonyl (C=O) groups is 1. The van der Waals surface area contributed by atoms with Gasteiger partial charge in [-0.15, -0.1) is 0 Å². The molecule has 1 amide bonds. The Balaban J connectivity index is 2.85. The molecule has 0 aliphatic carbocycles. The summed E-state index contributed by atoms with van der Waals surface area (Å²) >= 11 is 0. The first-order valence-corrected chi connectivity index (χ1v) is 8.04. The van der Waals surface area contributed by atoms with Crippen LogP contribution in [0.15, 0.2) is 23.1 Å². The van der Waals surface area contributed by atoms with Gasteiger partial charge < -0.3 is 10.1 Å². The summed E-state index contributed by atoms with van der Waals surface area (Å²) in [5, 5.41) is 7.90. The van der Waals surface area contributed by atoms with Gasteiger partial charge in [0.25, 0.3) is 0 Å². The van der Waals surface area contributed by atoms with E-state index in [1.165, 1.54) is 19.2 Å². The van der Waals surface area contributed by atoms with Crippen molar-refractivity contribution >= 4 is 15.9 Å². The van der Waals surface area contributed by atoms with Crippen molar-refractivity contribution in [3.8, 4) is 5.75 Å². The molecule has 1 aromatic rings. The Hall–Kier alpha value is -1.60. The molecule has 0 saturated heterocycles. The van der Waals surface area contributed by atoms with Crippen molar-refractivity contribution in [2.75, 3.05) is 7.11 Å². The topological polar surface area (TPSA) is 98.5 Å². The highest BCUT2D eigenvalue weighted by Crippen LogP contribution is 2.24. The average molecular weight is 314 g/mol. The number of methoxy groups -OCH3 is 1. The molecule has 0 bridgehead atoms. The molecule has 0 radical (unpaired) electrons. The number of nitrogens with one attached hydrogen (secondary N) is 1. The monoisotopic (exact) mass is 314 g/mol. The number of carbonyl (C=O) groups excluding carboxylic acids is 1. The predicted octanol–water partition coefficient (Wildman–Crippen LogP) is 1.39. The van der Waals surface area contributed by atoms with Crippen molar-refractivity contribution in [2.45, 2.75) is 38.6 Å². The molecule has 6 nitrogen and oxygen atoms in total. The van der Waals surface area contributed by atoms with Crippen LogP contribution in [0.25, 0.3) is 0 Å². The average Bonchev–Trinajstić information content (AvgIpc) is 2.33. The quantitative estimate of drug-likeness (QED) is 0.858. The zero-order valence-corrected chi connectivity index (χ0v) is 13.6. The molecule has 1 aromatic carbocycles. The summed E-state index contributed by atoms with van der Waals surface area (Å²) in [4.78, 5) is 11.7. The van der Waals surface area contributed by atoms with Gasteiger partial charge in [-0.05, 0) is 23.1 Å². The maximum absolute atomic E-state index is 11.8. The second kappa shape index (κ2) is 6.44. The van der Waals surface area contributed by atoms with Gasteiger partial charge >= 0.3 is 0 Å². The Bertz CT molecular complexity index is 618. The molecule has 0 atom stereocenters. The lowest BCUT2D eigenvalue weighted by Gasteiger charge is -2.17. The number of sulfonamides is 1. The molecule has 0 aliphatic rings. The molecule has 0 aromatic heterocycles. The van der Waals surface area contributed by atoms with Gasteiger partial charge in [0.2, 0.25) is 15.9 Å². The fourth-order valence-electron chi connectivity index (χ4n) is 1.80. The van der Waals surface area contributed by atoms with Gasteiger partial charge in [0, 0.05) is 13.0 Å². The van der Waals surface area contributed by atoms with Gasteiger partial charge in [0.15, 0.2) is 0 Å². The molecule has 3 N–H and O–H groups in total. The number of hydrogen-bond donors (Lipinski definition) is 2. The SMILES string of the molecule is COc1ccc(CNC(=O)CC(C)(C)C)cc1S(N)(=O)=O. The van der Waals surface area contributed by atoms with Crippen LogP contribution in [-0.2, 0) is 21.4 Å². The van der Waals surface area contributed by atoms with Crippen LogP contribution in [0.5, 0.6) is 5.75 Å². The van der Waals surface area contributed by atoms with Crippen molar-refractivity contribution in [3.05, 3.63) is 23.8 Å². The summed E-state index contributed by atoms with van der Waals surface area (Å²) in [5.41, 5.74) is 0.539. The highest BCUT2D eigenvalue weighted by molar-refractivity contribution is 7.89. The molecule has 0 heterocycles. The van der Waals surface area contributed by atoms with Crippen LogP contribution in [0.3, 0.4) is 0 Å². The Morgan fingerprint density at radius 3 is 2.43 bits per heavy atom. The molecule has 0 fully saturated rings. The molecule has 21 heavy (non-hydrogen) atoms. The number of amides is 1. The van der Waals surface area contributed by atoms with Crippen LogP contribution in [-0.4, -0.2) is 21.4 Å². The number of ether oxygens (including phenoxy) is 1. The molecule has 0 aliphatic heterocycles. The van der Waals surface area contributed by atoms with Gasteiger partial charge in [-0.2, -0.15) is 0 Å². The standard InChI is InChI=1S/C14H22N2O4S/c1-14(2,3)8-13(17)16-9-10-5-6-11(20-4)12(7-10)21(15,18)19/h5-7H,8-9H2,1-4H3,(H,16,17)(H2,15,18,19). The van der Waals surface area contributed by atoms with Gasteiger partial charge in [-0.25, -0.2) is 13.6 Å². The third kappa shape index (κ3) is 5.73. The molecule has 118 valence electrons. The number of benzene rings is 1. The minimum Gasteiger partial charge on any atom is -0.495 e. The lowest BCUT2D eigenvalue weighted by atomic mass is 9.92. The van der Waals surface area contributed by atoms with Crippen molar-refractivity contribution in [1.29, 1.82) is 0 Å². The summed E-state index contributed by atoms with van der Waals surface area (Å²) in [7, 11) is -2.50. The lowest BCUT2D eigenvalue weighted by molar-refractivity contribution is -0.122. The molecule has 7 heteroatoms. The Kier molecular flexibility index (Phi) is 5.36. The zero-order chi connectivity index (χ0) is 16.3. The second-order valence-corrected chi connectivity index (χ2v) is 7.57. The van der Waals surface area contributed by atoms with Crippen molar-refractivity contribution < 1.29 is 17.9 Å². The Morgan fingerprint density at radius 1 is 1.33 bits per heavy atom. The van der Waals surface area contributed by atoms with E-state index in [9.17, 15) is 13.2 Å². The van der Waals surface area contributed by atoms with Gasteiger partial charge in [0.05, 0.1) is 7.11 Å². The van der Waals surface area contributed by atoms with Crippen LogP contribution in [0, 0.1) is 5.41 Å². The first-order valence-electron chi connectivity index (χ1n) is 6.49. The maximum Gasteiger partial charge on any atom is 0.241 e. The third-order valence-electron chi connectivity index (χ3n) is 2.72. The van der Waals surface area contributed by atoms with Gasteiger partial charge in [0.1, 0.15) is 10.6 Å². The van der Waals surface area contributed by atoms with Crippen LogP contribution >= 0.6 is 0 Å². The summed E-state index contributed by atoms with van der Waals surface area (Å²) in [5.74, 6) is 0.0951. The van der Waals surface area contributed by atoms with Gasteiger partial charge in [-0.3, -0.25) is 4.79 Å². The van der Waals surface area contributed by atoms with E-state index in [1.807, 2.05) is 20.8 Å². The second-order valence-electron chi connectivity index (χ2n) is 6.04. The largest absolute Gasteiger partial charge is 0.495 e. The molecule has 0 saturated carbocycles. The highest BCUT2D eigenvalue weighted by Gasteiger charge is 2.17. The first kappa shape index (κ1) is 17.5. The molecule has 1 rings (SSSR count). The Labute approximate surface area is 125 Å². The Morgan fingerprint density at radius 2 is 1.95 bits per heavy atom. The molecular weight excluding hydrogens is 292 g/mol. The molecule has 0 unspecified atom stereocenters. The predicted molar refractivity (Wildman–Crippen MR) is 80.3 cm³/mol. The van der Waals surface area contributed by atoms with Crippen molar-refractivity contribution in [1.82, 2.24) is 5.32 Å². The van der Waals surface area contributed by atoms with Crippen LogP contribution in [0.2, 0.25) is 0 Å². The number of nitrogens with two attached hydrogens (primary N) is 1. The smallest absolute Gasteiger partial charge is 0.241 e. The van der Waals surface area contributed by atoms with Crippen LogP contribution in [0.4, 0.5) is 0 Å². The van der Waals surface area contributed by atoms with E-state index in [1.54, 1.807) is 6.07 Å². The van der Waals surface area contributed by atoms with E-state index >= 15 is 0 Å². The minimum atomic E-state index is -3.87. The first-order chi connectivity index (χ1) is 9.53. The van der Waals surface area contributed by atoms with E-state index in [0.29, 0.717) is 12.0 Å². The third-order valence-corrected chi connectivity index (χ3v) is 3.65. The molecule has 0 spiro atoms. The zero-order valence-electron chi connectivity index (χ0n) is 12.8. The maximum atomic E-state index is 11.8. The van der Waals surface area contributed by atoms with E-state index in [0.717, 1.165) is 0 Å². The fourth-order valence-corrected chi connectivity index (χ4v) is 2.55. The number of primary sulfonamides is 1. The van der Waals surface area contributed by atoms with Crippen LogP contribution in [0.1, 0.15) is 32.8 Å². The number of hydrogen-bond acceptors (Lipinski definition) is 4. The van der Waals surface area contributed by atoms with E-state index < -0.39 is 10.0 Å². The summed E-state index contributed by atoms with van der Waals surface area (Å²) in [6.45, 7) is 6.15. The van der Waals surface area contributed by atoms with E-state index in [2.05, 4.69) is 5.32 Å². The summed E-state index contributed by atoms with van der Waals surface area (Å²) in [6, 6.07) is 4.61. The molecular formula is C14H22N2O4S. The van der Waals surface area contributed by atoms with Crippen molar-refractivity contribution in [2.24, 2.45) is 10.6 Å². The van der Waals surface area contributed by atoms with E-state index in [-0.39, 0.29) is 28.5 Å². The number of rotatable bonds is 5. The van der Waals surface area contributed by atoms with Gasteiger partial charge in [-0.1, -0.05) is 26.8 Å². The minimum absolute atomic E-state index is 0.0875. The summed E-state index contributed by atoms with van der Waals surface area (Å²) in [6.07, 6.45) is 0.394. The summed E-state index contributed by atoms with van der Waals surface area (Å²) < 4.78 is 28.0. The van der Waals surface area contributed by atoms with Crippen LogP contribution < -0.4 is 15.2 Å². The van der Waals surface area contributed by atoms with E-state index in [4.69, 9.17) is 9.88 Å². The van der Waals surface area contributed by atoms with Crippen molar-refractivity contribution in [3.63, 3.8) is 0 Å². The fraction of sp³-hybridized carbons (Fsp3) is 0.500. The highest BCUT2D eigenvalue weighted by atomic mass is 32.2. The lowest BCUT2D eigenvalue weighted by Crippen LogP contribution is -2.27.